The van der Waals surface area contributed by atoms with Crippen LogP contribution >= 0.6 is 0 Å². The average molecular weight is 382 g/mol. The van der Waals surface area contributed by atoms with Crippen molar-refractivity contribution < 1.29 is 24.3 Å². The lowest BCUT2D eigenvalue weighted by Gasteiger charge is -2.33. The maximum absolute atomic E-state index is 12.5. The summed E-state index contributed by atoms with van der Waals surface area (Å²) in [6.07, 6.45) is 5.36. The van der Waals surface area contributed by atoms with Crippen molar-refractivity contribution in [3.8, 4) is 0 Å². The lowest BCUT2D eigenvalue weighted by molar-refractivity contribution is -0.140. The predicted molar refractivity (Wildman–Crippen MR) is 97.8 cm³/mol. The fraction of sp³-hybridized carbons (Fsp3) is 0.778. The number of carbonyl (C=O) groups excluding carboxylic acids is 3. The molecular weight excluding hydrogens is 352 g/mol. The first-order valence-corrected chi connectivity index (χ1v) is 9.70. The van der Waals surface area contributed by atoms with Crippen molar-refractivity contribution in [2.24, 2.45) is 11.8 Å². The summed E-state index contributed by atoms with van der Waals surface area (Å²) < 4.78 is 0. The van der Waals surface area contributed by atoms with Crippen molar-refractivity contribution in [3.63, 3.8) is 0 Å². The molecule has 3 amide bonds. The van der Waals surface area contributed by atoms with Crippen LogP contribution in [0.5, 0.6) is 0 Å². The molecule has 2 aliphatic heterocycles. The Morgan fingerprint density at radius 3 is 2.63 bits per heavy atom. The van der Waals surface area contributed by atoms with Gasteiger partial charge in [-0.05, 0) is 51.1 Å². The molecule has 0 aliphatic carbocycles. The topological polar surface area (TPSA) is 128 Å². The highest BCUT2D eigenvalue weighted by Gasteiger charge is 2.29. The number of carbonyl (C=O) groups is 4. The molecule has 152 valence electrons. The molecule has 0 aromatic carbocycles. The largest absolute Gasteiger partial charge is 0.480 e. The highest BCUT2D eigenvalue weighted by Crippen LogP contribution is 2.21. The summed E-state index contributed by atoms with van der Waals surface area (Å²) >= 11 is 0. The molecule has 27 heavy (non-hydrogen) atoms. The van der Waals surface area contributed by atoms with Crippen LogP contribution in [0.25, 0.3) is 0 Å². The van der Waals surface area contributed by atoms with E-state index in [1.807, 2.05) is 0 Å². The fourth-order valence-corrected chi connectivity index (χ4v) is 3.72. The molecule has 9 heteroatoms. The predicted octanol–water partition coefficient (Wildman–Crippen LogP) is -0.680. The van der Waals surface area contributed by atoms with Crippen molar-refractivity contribution in [1.82, 2.24) is 20.9 Å². The van der Waals surface area contributed by atoms with E-state index >= 15 is 0 Å². The molecule has 2 atom stereocenters. The summed E-state index contributed by atoms with van der Waals surface area (Å²) in [7, 11) is 0. The number of nitrogens with zero attached hydrogens (tertiary/aromatic N) is 1. The Hall–Kier alpha value is -2.16. The third kappa shape index (κ3) is 6.82. The van der Waals surface area contributed by atoms with Crippen LogP contribution in [0.2, 0.25) is 0 Å². The highest BCUT2D eigenvalue weighted by atomic mass is 16.4. The second-order valence-corrected chi connectivity index (χ2v) is 7.33. The Labute approximate surface area is 159 Å². The quantitative estimate of drug-likeness (QED) is 0.391. The molecule has 2 aliphatic rings. The van der Waals surface area contributed by atoms with E-state index in [2.05, 4.69) is 16.0 Å². The number of carboxylic acids is 1. The van der Waals surface area contributed by atoms with Gasteiger partial charge in [0.25, 0.3) is 0 Å². The van der Waals surface area contributed by atoms with E-state index < -0.39 is 12.0 Å². The van der Waals surface area contributed by atoms with Crippen LogP contribution in [-0.4, -0.2) is 73.0 Å². The smallest absolute Gasteiger partial charge is 0.328 e. The third-order valence-electron chi connectivity index (χ3n) is 5.42. The second kappa shape index (κ2) is 10.9. The normalized spacial score (nSPS) is 21.9. The zero-order chi connectivity index (χ0) is 19.6. The maximum Gasteiger partial charge on any atom is 0.328 e. The zero-order valence-electron chi connectivity index (χ0n) is 15.6. The lowest BCUT2D eigenvalue weighted by atomic mass is 9.92. The summed E-state index contributed by atoms with van der Waals surface area (Å²) in [4.78, 5) is 48.0. The molecule has 4 N–H and O–H groups in total. The Bertz CT molecular complexity index is 536. The lowest BCUT2D eigenvalue weighted by Crippen LogP contribution is -2.50. The Kier molecular flexibility index (Phi) is 8.50. The van der Waals surface area contributed by atoms with Crippen molar-refractivity contribution in [1.29, 1.82) is 0 Å². The average Bonchev–Trinajstić information content (AvgIpc) is 2.69. The molecule has 0 radical (unpaired) electrons. The number of rotatable bonds is 9. The number of amides is 3. The van der Waals surface area contributed by atoms with Crippen molar-refractivity contribution >= 4 is 24.2 Å². The monoisotopic (exact) mass is 382 g/mol. The Morgan fingerprint density at radius 2 is 1.96 bits per heavy atom. The van der Waals surface area contributed by atoms with Crippen LogP contribution in [0.4, 0.5) is 0 Å². The summed E-state index contributed by atoms with van der Waals surface area (Å²) in [6.45, 7) is 2.89. The zero-order valence-corrected chi connectivity index (χ0v) is 15.6. The van der Waals surface area contributed by atoms with E-state index in [1.54, 1.807) is 4.90 Å². The van der Waals surface area contributed by atoms with Gasteiger partial charge in [-0.2, -0.15) is 0 Å². The van der Waals surface area contributed by atoms with Gasteiger partial charge in [0, 0.05) is 26.1 Å². The third-order valence-corrected chi connectivity index (χ3v) is 5.42. The van der Waals surface area contributed by atoms with Crippen LogP contribution in [0.1, 0.15) is 38.5 Å². The molecule has 0 saturated carbocycles. The minimum absolute atomic E-state index is 0.0945. The van der Waals surface area contributed by atoms with Gasteiger partial charge in [0.2, 0.25) is 18.2 Å². The SMILES string of the molecule is O=CN[C@H](CNC(=O)[C@@H]1CCCN(C(=O)CCC2CCNCC2)C1)C(=O)O. The number of nitrogens with one attached hydrogen (secondary N) is 3. The van der Waals surface area contributed by atoms with E-state index in [-0.39, 0.29) is 24.3 Å². The summed E-state index contributed by atoms with van der Waals surface area (Å²) in [5.74, 6) is -1.13. The van der Waals surface area contributed by atoms with Crippen LogP contribution < -0.4 is 16.0 Å². The van der Waals surface area contributed by atoms with Crippen LogP contribution in [0.3, 0.4) is 0 Å². The molecule has 0 spiro atoms. The minimum Gasteiger partial charge on any atom is -0.480 e. The number of hydrogen-bond donors (Lipinski definition) is 4. The fourth-order valence-electron chi connectivity index (χ4n) is 3.72. The van der Waals surface area contributed by atoms with Crippen molar-refractivity contribution in [2.75, 3.05) is 32.7 Å². The number of hydrogen-bond acceptors (Lipinski definition) is 5. The second-order valence-electron chi connectivity index (χ2n) is 7.33. The maximum atomic E-state index is 12.5. The van der Waals surface area contributed by atoms with Gasteiger partial charge in [-0.25, -0.2) is 4.79 Å². The van der Waals surface area contributed by atoms with Crippen molar-refractivity contribution in [3.05, 3.63) is 0 Å². The highest BCUT2D eigenvalue weighted by molar-refractivity contribution is 5.82. The molecular formula is C18H30N4O5. The van der Waals surface area contributed by atoms with Gasteiger partial charge in [-0.1, -0.05) is 0 Å². The molecule has 0 aromatic rings. The number of likely N-dealkylation sites (tertiary alicyclic amines) is 1. The molecule has 0 bridgehead atoms. The van der Waals surface area contributed by atoms with E-state index in [0.29, 0.717) is 38.3 Å². The van der Waals surface area contributed by atoms with Crippen molar-refractivity contribution in [2.45, 2.75) is 44.6 Å². The number of piperidine rings is 2. The van der Waals surface area contributed by atoms with Gasteiger partial charge >= 0.3 is 5.97 Å². The summed E-state index contributed by atoms with van der Waals surface area (Å²) in [5, 5.41) is 17.0. The minimum atomic E-state index is -1.21. The Balaban J connectivity index is 1.76. The standard InChI is InChI=1S/C18H30N4O5/c23-12-21-15(18(26)27)10-20-17(25)14-2-1-9-22(11-14)16(24)4-3-13-5-7-19-8-6-13/h12-15,19H,1-11H2,(H,20,25)(H,21,23)(H,26,27)/t14-,15-/m1/s1. The van der Waals surface area contributed by atoms with Gasteiger partial charge < -0.3 is 26.0 Å². The van der Waals surface area contributed by atoms with Crippen LogP contribution in [0, 0.1) is 11.8 Å². The van der Waals surface area contributed by atoms with Gasteiger partial charge in [0.15, 0.2) is 0 Å². The summed E-state index contributed by atoms with van der Waals surface area (Å²) in [5.41, 5.74) is 0. The van der Waals surface area contributed by atoms with E-state index in [1.165, 1.54) is 0 Å². The molecule has 9 nitrogen and oxygen atoms in total. The number of aliphatic carboxylic acids is 1. The molecule has 2 saturated heterocycles. The van der Waals surface area contributed by atoms with E-state index in [4.69, 9.17) is 5.11 Å². The first-order chi connectivity index (χ1) is 13.0. The van der Waals surface area contributed by atoms with Gasteiger partial charge in [-0.15, -0.1) is 0 Å². The molecule has 0 aromatic heterocycles. The van der Waals surface area contributed by atoms with E-state index in [0.717, 1.165) is 38.8 Å². The van der Waals surface area contributed by atoms with E-state index in [9.17, 15) is 19.2 Å². The molecule has 2 fully saturated rings. The van der Waals surface area contributed by atoms with Crippen LogP contribution in [-0.2, 0) is 19.2 Å². The first kappa shape index (κ1) is 21.1. The summed E-state index contributed by atoms with van der Waals surface area (Å²) in [6, 6.07) is -1.15. The van der Waals surface area contributed by atoms with Gasteiger partial charge in [0.05, 0.1) is 5.92 Å². The van der Waals surface area contributed by atoms with Crippen LogP contribution in [0.15, 0.2) is 0 Å². The Morgan fingerprint density at radius 1 is 1.22 bits per heavy atom. The molecule has 2 rings (SSSR count). The number of carboxylic acid groups (broad SMARTS) is 1. The van der Waals surface area contributed by atoms with Gasteiger partial charge in [-0.3, -0.25) is 14.4 Å². The molecule has 2 heterocycles. The molecule has 0 unspecified atom stereocenters. The first-order valence-electron chi connectivity index (χ1n) is 9.70. The van der Waals surface area contributed by atoms with Gasteiger partial charge in [0.1, 0.15) is 6.04 Å².